The summed E-state index contributed by atoms with van der Waals surface area (Å²) in [7, 11) is 0. The van der Waals surface area contributed by atoms with Crippen LogP contribution in [0.3, 0.4) is 0 Å². The first-order valence-electron chi connectivity index (χ1n) is 7.27. The molecule has 0 spiro atoms. The van der Waals surface area contributed by atoms with E-state index in [0.29, 0.717) is 22.6 Å². The number of urea groups is 1. The predicted octanol–water partition coefficient (Wildman–Crippen LogP) is 3.00. The van der Waals surface area contributed by atoms with Gasteiger partial charge < -0.3 is 9.73 Å². The number of aryl methyl sites for hydroxylation is 2. The molecule has 2 aromatic rings. The van der Waals surface area contributed by atoms with Gasteiger partial charge in [-0.15, -0.1) is 0 Å². The molecule has 1 aromatic heterocycles. The summed E-state index contributed by atoms with van der Waals surface area (Å²) < 4.78 is 18.8. The van der Waals surface area contributed by atoms with Crippen LogP contribution in [0, 0.1) is 19.7 Å². The van der Waals surface area contributed by atoms with Gasteiger partial charge in [0.25, 0.3) is 5.91 Å². The Labute approximate surface area is 133 Å². The van der Waals surface area contributed by atoms with Gasteiger partial charge in [0.2, 0.25) is 0 Å². The van der Waals surface area contributed by atoms with Crippen LogP contribution in [0.1, 0.15) is 29.6 Å². The molecular weight excluding hydrogens is 299 g/mol. The number of rotatable bonds is 3. The number of nitrogens with one attached hydrogen (secondary N) is 1. The summed E-state index contributed by atoms with van der Waals surface area (Å²) in [6.45, 7) is 5.21. The minimum Gasteiger partial charge on any atom is -0.466 e. The number of carbonyl (C=O) groups excluding carboxylic acids is 2. The van der Waals surface area contributed by atoms with Gasteiger partial charge >= 0.3 is 6.03 Å². The third-order valence-corrected chi connectivity index (χ3v) is 4.08. The SMILES string of the molecule is Cc1cc(C2(C)NC(=O)N(Cc3cccc(F)c3)C2=O)c(C)o1. The third-order valence-electron chi connectivity index (χ3n) is 4.08. The van der Waals surface area contributed by atoms with E-state index >= 15 is 0 Å². The van der Waals surface area contributed by atoms with Crippen molar-refractivity contribution < 1.29 is 18.4 Å². The molecule has 120 valence electrons. The fourth-order valence-corrected chi connectivity index (χ4v) is 2.97. The molecule has 1 aliphatic rings. The van der Waals surface area contributed by atoms with Crippen LogP contribution >= 0.6 is 0 Å². The van der Waals surface area contributed by atoms with E-state index in [9.17, 15) is 14.0 Å². The predicted molar refractivity (Wildman–Crippen MR) is 81.0 cm³/mol. The van der Waals surface area contributed by atoms with Gasteiger partial charge in [-0.1, -0.05) is 12.1 Å². The maximum Gasteiger partial charge on any atom is 0.325 e. The normalized spacial score (nSPS) is 21.0. The van der Waals surface area contributed by atoms with E-state index in [2.05, 4.69) is 5.32 Å². The van der Waals surface area contributed by atoms with Crippen molar-refractivity contribution >= 4 is 11.9 Å². The van der Waals surface area contributed by atoms with Crippen molar-refractivity contribution in [1.29, 1.82) is 0 Å². The second-order valence-electron chi connectivity index (χ2n) is 5.90. The highest BCUT2D eigenvalue weighted by molar-refractivity contribution is 6.07. The fourth-order valence-electron chi connectivity index (χ4n) is 2.97. The molecule has 1 aliphatic heterocycles. The molecule has 0 radical (unpaired) electrons. The Hall–Kier alpha value is -2.63. The minimum absolute atomic E-state index is 0.0217. The van der Waals surface area contributed by atoms with Crippen molar-refractivity contribution in [2.75, 3.05) is 0 Å². The topological polar surface area (TPSA) is 62.6 Å². The van der Waals surface area contributed by atoms with Crippen molar-refractivity contribution in [3.05, 3.63) is 58.8 Å². The molecule has 2 heterocycles. The number of hydrogen-bond donors (Lipinski definition) is 1. The Bertz CT molecular complexity index is 799. The molecule has 5 nitrogen and oxygen atoms in total. The zero-order valence-corrected chi connectivity index (χ0v) is 13.1. The molecule has 1 atom stereocenters. The van der Waals surface area contributed by atoms with Crippen LogP contribution in [0.15, 0.2) is 34.7 Å². The maximum absolute atomic E-state index is 13.3. The van der Waals surface area contributed by atoms with E-state index in [1.807, 2.05) is 0 Å². The molecule has 0 saturated carbocycles. The van der Waals surface area contributed by atoms with Crippen LogP contribution in [0.5, 0.6) is 0 Å². The highest BCUT2D eigenvalue weighted by Crippen LogP contribution is 2.33. The summed E-state index contributed by atoms with van der Waals surface area (Å²) in [4.78, 5) is 26.1. The maximum atomic E-state index is 13.3. The van der Waals surface area contributed by atoms with Crippen molar-refractivity contribution in [3.63, 3.8) is 0 Å². The molecule has 1 aromatic carbocycles. The fraction of sp³-hybridized carbons (Fsp3) is 0.294. The molecule has 6 heteroatoms. The van der Waals surface area contributed by atoms with E-state index in [-0.39, 0.29) is 12.5 Å². The van der Waals surface area contributed by atoms with Gasteiger partial charge in [-0.2, -0.15) is 0 Å². The average Bonchev–Trinajstić information content (AvgIpc) is 2.92. The largest absolute Gasteiger partial charge is 0.466 e. The highest BCUT2D eigenvalue weighted by Gasteiger charge is 2.50. The first-order chi connectivity index (χ1) is 10.8. The Balaban J connectivity index is 1.92. The van der Waals surface area contributed by atoms with Crippen LogP contribution in [0.25, 0.3) is 0 Å². The lowest BCUT2D eigenvalue weighted by atomic mass is 9.92. The first kappa shape index (κ1) is 15.3. The first-order valence-corrected chi connectivity index (χ1v) is 7.27. The van der Waals surface area contributed by atoms with E-state index in [4.69, 9.17) is 4.42 Å². The van der Waals surface area contributed by atoms with Crippen molar-refractivity contribution in [3.8, 4) is 0 Å². The van der Waals surface area contributed by atoms with Gasteiger partial charge in [0.15, 0.2) is 0 Å². The van der Waals surface area contributed by atoms with E-state index in [1.54, 1.807) is 39.0 Å². The van der Waals surface area contributed by atoms with E-state index in [1.165, 1.54) is 12.1 Å². The highest BCUT2D eigenvalue weighted by atomic mass is 19.1. The van der Waals surface area contributed by atoms with Gasteiger partial charge in [-0.05, 0) is 44.5 Å². The minimum atomic E-state index is -1.17. The number of hydrogen-bond acceptors (Lipinski definition) is 3. The molecule has 1 fully saturated rings. The standard InChI is InChI=1S/C17H17FN2O3/c1-10-7-14(11(2)23-10)17(3)15(21)20(16(22)19-17)9-12-5-4-6-13(18)8-12/h4-8H,9H2,1-3H3,(H,19,22). The number of amides is 3. The number of nitrogens with zero attached hydrogens (tertiary/aromatic N) is 1. The summed E-state index contributed by atoms with van der Waals surface area (Å²) in [5.41, 5.74) is 0.0136. The molecule has 23 heavy (non-hydrogen) atoms. The van der Waals surface area contributed by atoms with Crippen LogP contribution < -0.4 is 5.32 Å². The second-order valence-corrected chi connectivity index (χ2v) is 5.90. The Morgan fingerprint density at radius 3 is 2.61 bits per heavy atom. The second kappa shape index (κ2) is 5.22. The van der Waals surface area contributed by atoms with E-state index in [0.717, 1.165) is 4.90 Å². The monoisotopic (exact) mass is 316 g/mol. The summed E-state index contributed by atoms with van der Waals surface area (Å²) in [5, 5.41) is 2.72. The van der Waals surface area contributed by atoms with Gasteiger partial charge in [-0.25, -0.2) is 9.18 Å². The van der Waals surface area contributed by atoms with Crippen LogP contribution in [-0.4, -0.2) is 16.8 Å². The van der Waals surface area contributed by atoms with Gasteiger partial charge in [0, 0.05) is 5.56 Å². The number of imide groups is 1. The smallest absolute Gasteiger partial charge is 0.325 e. The van der Waals surface area contributed by atoms with Crippen LogP contribution in [0.2, 0.25) is 0 Å². The lowest BCUT2D eigenvalue weighted by molar-refractivity contribution is -0.131. The average molecular weight is 316 g/mol. The summed E-state index contributed by atoms with van der Waals surface area (Å²) in [6.07, 6.45) is 0. The summed E-state index contributed by atoms with van der Waals surface area (Å²) in [6, 6.07) is 7.10. The van der Waals surface area contributed by atoms with Gasteiger partial charge in [0.1, 0.15) is 22.9 Å². The molecule has 1 N–H and O–H groups in total. The van der Waals surface area contributed by atoms with Gasteiger partial charge in [-0.3, -0.25) is 9.69 Å². The van der Waals surface area contributed by atoms with Crippen LogP contribution in [0.4, 0.5) is 9.18 Å². The van der Waals surface area contributed by atoms with Crippen LogP contribution in [-0.2, 0) is 16.9 Å². The molecule has 0 bridgehead atoms. The summed E-state index contributed by atoms with van der Waals surface area (Å²) >= 11 is 0. The Morgan fingerprint density at radius 1 is 1.26 bits per heavy atom. The molecule has 3 rings (SSSR count). The molecule has 0 aliphatic carbocycles. The van der Waals surface area contributed by atoms with Crippen molar-refractivity contribution in [1.82, 2.24) is 10.2 Å². The molecule has 1 saturated heterocycles. The third kappa shape index (κ3) is 2.50. The molecule has 3 amide bonds. The molecular formula is C17H17FN2O3. The number of halogens is 1. The zero-order valence-electron chi connectivity index (χ0n) is 13.1. The zero-order chi connectivity index (χ0) is 16.8. The van der Waals surface area contributed by atoms with E-state index < -0.39 is 17.4 Å². The number of carbonyl (C=O) groups is 2. The van der Waals surface area contributed by atoms with Crippen molar-refractivity contribution in [2.45, 2.75) is 32.9 Å². The summed E-state index contributed by atoms with van der Waals surface area (Å²) in [5.74, 6) is 0.477. The lowest BCUT2D eigenvalue weighted by Crippen LogP contribution is -2.41. The Morgan fingerprint density at radius 2 is 2.00 bits per heavy atom. The quantitative estimate of drug-likeness (QED) is 0.885. The molecule has 1 unspecified atom stereocenters. The van der Waals surface area contributed by atoms with Crippen molar-refractivity contribution in [2.24, 2.45) is 0 Å². The lowest BCUT2D eigenvalue weighted by Gasteiger charge is -2.21. The number of benzene rings is 1. The Kier molecular flexibility index (Phi) is 3.47. The number of furan rings is 1. The van der Waals surface area contributed by atoms with Gasteiger partial charge in [0.05, 0.1) is 6.54 Å².